The van der Waals surface area contributed by atoms with E-state index in [0.29, 0.717) is 50.7 Å². The van der Waals surface area contributed by atoms with Gasteiger partial charge in [0.05, 0.1) is 25.4 Å². The van der Waals surface area contributed by atoms with Crippen molar-refractivity contribution in [2.45, 2.75) is 95.1 Å². The molecule has 1 aliphatic carbocycles. The van der Waals surface area contributed by atoms with Crippen LogP contribution in [0, 0.1) is 23.7 Å². The summed E-state index contributed by atoms with van der Waals surface area (Å²) >= 11 is 0. The van der Waals surface area contributed by atoms with Gasteiger partial charge in [-0.2, -0.15) is 0 Å². The van der Waals surface area contributed by atoms with Gasteiger partial charge in [-0.05, 0) is 122 Å². The first-order valence-corrected chi connectivity index (χ1v) is 21.0. The monoisotopic (exact) mass is 768 g/mol. The lowest BCUT2D eigenvalue weighted by atomic mass is 9.57. The fraction of sp³-hybridized carbons (Fsp3) is 0.458. The quantitative estimate of drug-likeness (QED) is 0.147. The highest BCUT2D eigenvalue weighted by molar-refractivity contribution is 5.89. The highest BCUT2D eigenvalue weighted by atomic mass is 16.5. The number of aromatic hydroxyl groups is 1. The Hall–Kier alpha value is -4.56. The number of nitrogens with two attached hydrogens (primary N) is 1. The van der Waals surface area contributed by atoms with Gasteiger partial charge in [-0.3, -0.25) is 0 Å². The van der Waals surface area contributed by atoms with Crippen LogP contribution in [0.4, 0.5) is 0 Å². The molecule has 57 heavy (non-hydrogen) atoms. The number of nitrogens with zero attached hydrogens (tertiary/aromatic N) is 1. The van der Waals surface area contributed by atoms with Crippen molar-refractivity contribution in [3.8, 4) is 23.3 Å². The SMILES string of the molecule is CNCC1=C2C#C[C@H](C)CCC[C@H]3C[C@H](O)CCc4ccc(O)c(c4)OCc4cc([C@@]56CCOC[C@H]5CCc5ccccc56)cc5cn(cc45)C(=C2CO3)NC1N. The average molecular weight is 769 g/mol. The molecule has 1 unspecified atom stereocenters. The van der Waals surface area contributed by atoms with Gasteiger partial charge < -0.3 is 45.4 Å². The molecule has 0 amide bonds. The number of dihydropyridines is 1. The predicted octanol–water partition coefficient (Wildman–Crippen LogP) is 6.67. The van der Waals surface area contributed by atoms with Crippen LogP contribution in [-0.4, -0.2) is 66.6 Å². The molecule has 5 aliphatic rings. The Morgan fingerprint density at radius 2 is 1.91 bits per heavy atom. The molecule has 5 heterocycles. The van der Waals surface area contributed by atoms with Crippen LogP contribution in [0.15, 0.2) is 83.7 Å². The Bertz CT molecular complexity index is 2280. The van der Waals surface area contributed by atoms with Crippen LogP contribution < -0.4 is 21.1 Å². The van der Waals surface area contributed by atoms with Gasteiger partial charge in [0.2, 0.25) is 0 Å². The maximum atomic E-state index is 11.4. The molecule has 298 valence electrons. The van der Waals surface area contributed by atoms with Crippen molar-refractivity contribution in [3.63, 3.8) is 0 Å². The summed E-state index contributed by atoms with van der Waals surface area (Å²) in [4.78, 5) is 0. The van der Waals surface area contributed by atoms with Gasteiger partial charge in [0, 0.05) is 58.8 Å². The van der Waals surface area contributed by atoms with Gasteiger partial charge in [0.15, 0.2) is 11.5 Å². The van der Waals surface area contributed by atoms with Crippen LogP contribution in [0.1, 0.15) is 79.7 Å². The van der Waals surface area contributed by atoms with Crippen molar-refractivity contribution in [1.29, 1.82) is 0 Å². The van der Waals surface area contributed by atoms with Gasteiger partial charge in [0.25, 0.3) is 0 Å². The maximum Gasteiger partial charge on any atom is 0.161 e. The second-order valence-corrected chi connectivity index (χ2v) is 16.9. The molecule has 9 heteroatoms. The highest BCUT2D eigenvalue weighted by Gasteiger charge is 2.47. The number of aliphatic hydroxyl groups excluding tert-OH is 1. The number of likely N-dealkylation sites (N-methyl/N-ethyl adjacent to an activating group) is 1. The molecule has 0 spiro atoms. The van der Waals surface area contributed by atoms with Crippen LogP contribution in [0.2, 0.25) is 0 Å². The van der Waals surface area contributed by atoms with E-state index in [0.717, 1.165) is 89.6 Å². The smallest absolute Gasteiger partial charge is 0.161 e. The Kier molecular flexibility index (Phi) is 10.7. The van der Waals surface area contributed by atoms with Crippen LogP contribution in [0.5, 0.6) is 11.5 Å². The zero-order chi connectivity index (χ0) is 39.1. The number of rotatable bonds is 3. The Morgan fingerprint density at radius 1 is 1.02 bits per heavy atom. The fourth-order valence-corrected chi connectivity index (χ4v) is 10.2. The van der Waals surface area contributed by atoms with E-state index in [2.05, 4.69) is 82.8 Å². The van der Waals surface area contributed by atoms with Crippen molar-refractivity contribution in [3.05, 3.63) is 112 Å². The number of hydrogen-bond acceptors (Lipinski definition) is 8. The lowest BCUT2D eigenvalue weighted by molar-refractivity contribution is 0.00498. The number of phenolic OH excluding ortho intramolecular Hbond substituents is 1. The molecule has 0 radical (unpaired) electrons. The molecule has 4 aromatic rings. The van der Waals surface area contributed by atoms with Crippen molar-refractivity contribution in [2.24, 2.45) is 17.6 Å². The molecule has 9 rings (SSSR count). The second kappa shape index (κ2) is 16.0. The standard InChI is InChI=1S/C48H56N4O5/c1-30-6-5-8-38-23-37(53)15-11-31-12-17-44(54)45(20-31)57-27-34-22-36(48-18-19-55-28-35(48)14-13-32-7-3-4-9-43(32)48)21-33-25-52(26-41(33)34)47-42(29-56-38)39(16-10-30)40(24-50-2)46(49)51-47/h3-4,7,9,12,17,20-22,25-26,30,35,37-38,46,50-51,53-54H,5-6,8,11,13-15,18-19,23-24,27-29,49H2,1-2H3/t30-,35-,37-,38+,46?,48-/m1/s1. The summed E-state index contributed by atoms with van der Waals surface area (Å²) in [6, 6.07) is 19.3. The lowest BCUT2D eigenvalue weighted by Gasteiger charge is -2.49. The normalized spacial score (nSPS) is 27.9. The van der Waals surface area contributed by atoms with Crippen molar-refractivity contribution < 1.29 is 24.4 Å². The maximum absolute atomic E-state index is 11.4. The number of aromatic nitrogens is 1. The van der Waals surface area contributed by atoms with Gasteiger partial charge in [0.1, 0.15) is 18.6 Å². The number of hydrogen-bond donors (Lipinski definition) is 5. The molecule has 6 atom stereocenters. The molecule has 9 nitrogen and oxygen atoms in total. The Labute approximate surface area is 336 Å². The van der Waals surface area contributed by atoms with Gasteiger partial charge in [-0.25, -0.2) is 0 Å². The summed E-state index contributed by atoms with van der Waals surface area (Å²) in [6.45, 7) is 4.81. The summed E-state index contributed by atoms with van der Waals surface area (Å²) in [5.41, 5.74) is 15.8. The molecule has 6 bridgehead atoms. The minimum Gasteiger partial charge on any atom is -0.504 e. The third-order valence-corrected chi connectivity index (χ3v) is 13.3. The van der Waals surface area contributed by atoms with Crippen molar-refractivity contribution in [2.75, 3.05) is 33.4 Å². The van der Waals surface area contributed by atoms with Crippen molar-refractivity contribution >= 4 is 16.6 Å². The third kappa shape index (κ3) is 7.28. The molecule has 4 aliphatic heterocycles. The molecular weight excluding hydrogens is 713 g/mol. The average Bonchev–Trinajstić information content (AvgIpc) is 3.65. The van der Waals surface area contributed by atoms with Crippen LogP contribution in [0.3, 0.4) is 0 Å². The predicted molar refractivity (Wildman–Crippen MR) is 224 cm³/mol. The zero-order valence-electron chi connectivity index (χ0n) is 33.3. The van der Waals surface area contributed by atoms with E-state index in [1.165, 1.54) is 16.7 Å². The van der Waals surface area contributed by atoms with Crippen molar-refractivity contribution in [1.82, 2.24) is 15.2 Å². The number of aliphatic hydroxyl groups is 1. The summed E-state index contributed by atoms with van der Waals surface area (Å²) in [5.74, 6) is 9.11. The van der Waals surface area contributed by atoms with Crippen LogP contribution in [0.25, 0.3) is 16.6 Å². The first-order chi connectivity index (χ1) is 27.8. The van der Waals surface area contributed by atoms with E-state index in [1.54, 1.807) is 6.07 Å². The number of ether oxygens (including phenoxy) is 3. The summed E-state index contributed by atoms with van der Waals surface area (Å²) < 4.78 is 21.8. The number of phenols is 1. The first-order valence-electron chi connectivity index (χ1n) is 21.0. The topological polar surface area (TPSA) is 123 Å². The van der Waals surface area contributed by atoms with E-state index in [9.17, 15) is 10.2 Å². The van der Waals surface area contributed by atoms with E-state index in [1.807, 2.05) is 19.2 Å². The van der Waals surface area contributed by atoms with Crippen LogP contribution in [-0.2, 0) is 34.3 Å². The molecule has 1 fully saturated rings. The second-order valence-electron chi connectivity index (χ2n) is 16.9. The lowest BCUT2D eigenvalue weighted by Crippen LogP contribution is -2.47. The minimum atomic E-state index is -0.548. The number of aryl methyl sites for hydroxylation is 2. The summed E-state index contributed by atoms with van der Waals surface area (Å²) in [6.07, 6.45) is 10.8. The largest absolute Gasteiger partial charge is 0.504 e. The highest BCUT2D eigenvalue weighted by Crippen LogP contribution is 2.52. The van der Waals surface area contributed by atoms with E-state index < -0.39 is 12.3 Å². The molecule has 3 aromatic carbocycles. The molecule has 1 aromatic heterocycles. The molecule has 0 saturated carbocycles. The van der Waals surface area contributed by atoms with Gasteiger partial charge in [-0.15, -0.1) is 0 Å². The first kappa shape index (κ1) is 38.0. The van der Waals surface area contributed by atoms with E-state index >= 15 is 0 Å². The Morgan fingerprint density at radius 3 is 2.81 bits per heavy atom. The number of fused-ring (bicyclic) bond motifs is 9. The van der Waals surface area contributed by atoms with Crippen LogP contribution >= 0.6 is 0 Å². The number of benzene rings is 3. The third-order valence-electron chi connectivity index (χ3n) is 13.3. The molecular formula is C48H56N4O5. The van der Waals surface area contributed by atoms with Gasteiger partial charge >= 0.3 is 0 Å². The fourth-order valence-electron chi connectivity index (χ4n) is 10.2. The zero-order valence-corrected chi connectivity index (χ0v) is 33.3. The molecule has 1 saturated heterocycles. The summed E-state index contributed by atoms with van der Waals surface area (Å²) in [5, 5.41) is 31.6. The van der Waals surface area contributed by atoms with E-state index in [-0.39, 0.29) is 29.8 Å². The minimum absolute atomic E-state index is 0.101. The number of nitrogens with one attached hydrogen (secondary N) is 2. The van der Waals surface area contributed by atoms with E-state index in [4.69, 9.17) is 19.9 Å². The summed E-state index contributed by atoms with van der Waals surface area (Å²) in [7, 11) is 1.94. The Balaban J connectivity index is 1.26. The van der Waals surface area contributed by atoms with Gasteiger partial charge in [-0.1, -0.05) is 55.2 Å². The molecule has 6 N–H and O–H groups in total.